The Labute approximate surface area is 147 Å². The third-order valence-corrected chi connectivity index (χ3v) is 5.52. The van der Waals surface area contributed by atoms with E-state index in [0.717, 1.165) is 12.8 Å². The lowest BCUT2D eigenvalue weighted by Crippen LogP contribution is -2.42. The lowest BCUT2D eigenvalue weighted by Gasteiger charge is -2.24. The van der Waals surface area contributed by atoms with Gasteiger partial charge in [0.2, 0.25) is 10.1 Å². The molecule has 1 saturated heterocycles. The second-order valence-electron chi connectivity index (χ2n) is 7.55. The van der Waals surface area contributed by atoms with Gasteiger partial charge >= 0.3 is 12.3 Å². The number of alkyl halides is 3. The van der Waals surface area contributed by atoms with Crippen molar-refractivity contribution in [2.45, 2.75) is 51.4 Å². The van der Waals surface area contributed by atoms with Gasteiger partial charge in [0, 0.05) is 25.0 Å². The normalized spacial score (nSPS) is 26.6. The molecule has 1 aromatic rings. The molecule has 140 valence electrons. The summed E-state index contributed by atoms with van der Waals surface area (Å²) >= 11 is 0.565. The van der Waals surface area contributed by atoms with Gasteiger partial charge in [0.1, 0.15) is 5.60 Å². The van der Waals surface area contributed by atoms with Crippen LogP contribution in [-0.2, 0) is 10.9 Å². The maximum Gasteiger partial charge on any atom is 0.445 e. The minimum atomic E-state index is -4.47. The molecule has 1 aliphatic carbocycles. The Hall–Kier alpha value is -1.58. The number of halogens is 3. The Bertz CT molecular complexity index is 643. The number of nitrogens with one attached hydrogen (secondary N) is 1. The van der Waals surface area contributed by atoms with Crippen LogP contribution in [0.1, 0.15) is 38.6 Å². The fourth-order valence-corrected chi connectivity index (χ4v) is 4.25. The molecule has 1 aromatic heterocycles. The monoisotopic (exact) mass is 378 g/mol. The summed E-state index contributed by atoms with van der Waals surface area (Å²) in [6.45, 7) is 6.61. The van der Waals surface area contributed by atoms with E-state index in [-0.39, 0.29) is 17.1 Å². The van der Waals surface area contributed by atoms with Gasteiger partial charge in [-0.3, -0.25) is 0 Å². The predicted molar refractivity (Wildman–Crippen MR) is 86.5 cm³/mol. The molecule has 3 unspecified atom stereocenters. The van der Waals surface area contributed by atoms with Crippen LogP contribution in [0.5, 0.6) is 0 Å². The largest absolute Gasteiger partial charge is 0.445 e. The summed E-state index contributed by atoms with van der Waals surface area (Å²) < 4.78 is 43.4. The van der Waals surface area contributed by atoms with Gasteiger partial charge in [-0.2, -0.15) is 13.2 Å². The van der Waals surface area contributed by atoms with Crippen LogP contribution >= 0.6 is 11.3 Å². The van der Waals surface area contributed by atoms with E-state index in [1.807, 2.05) is 4.90 Å². The summed E-state index contributed by atoms with van der Waals surface area (Å²) in [6, 6.07) is -0.0279. The van der Waals surface area contributed by atoms with E-state index in [0.29, 0.717) is 30.3 Å². The Morgan fingerprint density at radius 2 is 1.96 bits per heavy atom. The maximum absolute atomic E-state index is 12.7. The molecule has 2 heterocycles. The lowest BCUT2D eigenvalue weighted by molar-refractivity contribution is -0.138. The number of hydrogen-bond donors (Lipinski definition) is 1. The summed E-state index contributed by atoms with van der Waals surface area (Å²) in [7, 11) is 0. The number of nitrogens with zero attached hydrogens (tertiary/aromatic N) is 3. The number of rotatable bonds is 2. The SMILES string of the molecule is CC(C)(C)OC(=O)NC1CCC2CN(c3nnc(C(F)(F)F)s3)CC21. The average molecular weight is 378 g/mol. The average Bonchev–Trinajstić information content (AvgIpc) is 3.10. The van der Waals surface area contributed by atoms with Gasteiger partial charge in [-0.25, -0.2) is 4.79 Å². The van der Waals surface area contributed by atoms with E-state index < -0.39 is 22.9 Å². The third kappa shape index (κ3) is 4.16. The van der Waals surface area contributed by atoms with Gasteiger partial charge in [0.05, 0.1) is 0 Å². The van der Waals surface area contributed by atoms with Crippen LogP contribution in [0.4, 0.5) is 23.1 Å². The maximum atomic E-state index is 12.7. The molecular formula is C15H21F3N4O2S. The molecule has 1 saturated carbocycles. The Kier molecular flexibility index (Phi) is 4.59. The number of aromatic nitrogens is 2. The van der Waals surface area contributed by atoms with Crippen molar-refractivity contribution in [1.82, 2.24) is 15.5 Å². The number of alkyl carbamates (subject to hydrolysis) is 1. The molecule has 6 nitrogen and oxygen atoms in total. The summed E-state index contributed by atoms with van der Waals surface area (Å²) in [5.74, 6) is 0.518. The molecule has 1 amide bonds. The van der Waals surface area contributed by atoms with Crippen LogP contribution in [0, 0.1) is 11.8 Å². The molecule has 3 rings (SSSR count). The summed E-state index contributed by atoms with van der Waals surface area (Å²) in [4.78, 5) is 13.8. The standard InChI is InChI=1S/C15H21F3N4O2S/c1-14(2,3)24-13(23)19-10-5-4-8-6-22(7-9(8)10)12-21-20-11(25-12)15(16,17)18/h8-10H,4-7H2,1-3H3,(H,19,23). The molecule has 0 bridgehead atoms. The molecule has 0 spiro atoms. The van der Waals surface area contributed by atoms with Crippen LogP contribution in [0.3, 0.4) is 0 Å². The zero-order chi connectivity index (χ0) is 18.4. The van der Waals surface area contributed by atoms with Gasteiger partial charge in [0.25, 0.3) is 0 Å². The van der Waals surface area contributed by atoms with E-state index >= 15 is 0 Å². The number of carbonyl (C=O) groups is 1. The van der Waals surface area contributed by atoms with Crippen molar-refractivity contribution in [2.24, 2.45) is 11.8 Å². The highest BCUT2D eigenvalue weighted by atomic mass is 32.1. The van der Waals surface area contributed by atoms with Crippen LogP contribution in [0.25, 0.3) is 0 Å². The minimum absolute atomic E-state index is 0.0279. The fraction of sp³-hybridized carbons (Fsp3) is 0.800. The summed E-state index contributed by atoms with van der Waals surface area (Å²) in [6.07, 6.45) is -3.14. The molecule has 3 atom stereocenters. The van der Waals surface area contributed by atoms with E-state index in [1.54, 1.807) is 20.8 Å². The second-order valence-corrected chi connectivity index (χ2v) is 8.50. The number of ether oxygens (including phenoxy) is 1. The van der Waals surface area contributed by atoms with Crippen molar-refractivity contribution in [3.63, 3.8) is 0 Å². The van der Waals surface area contributed by atoms with Crippen molar-refractivity contribution < 1.29 is 22.7 Å². The van der Waals surface area contributed by atoms with Gasteiger partial charge in [-0.1, -0.05) is 11.3 Å². The number of hydrogen-bond acceptors (Lipinski definition) is 6. The first-order valence-corrected chi connectivity index (χ1v) is 9.00. The first kappa shape index (κ1) is 18.2. The van der Waals surface area contributed by atoms with Gasteiger partial charge in [-0.05, 0) is 39.5 Å². The minimum Gasteiger partial charge on any atom is -0.444 e. The Morgan fingerprint density at radius 1 is 1.24 bits per heavy atom. The first-order chi connectivity index (χ1) is 11.5. The zero-order valence-corrected chi connectivity index (χ0v) is 15.1. The van der Waals surface area contributed by atoms with Crippen molar-refractivity contribution in [2.75, 3.05) is 18.0 Å². The highest BCUT2D eigenvalue weighted by molar-refractivity contribution is 7.15. The van der Waals surface area contributed by atoms with Crippen molar-refractivity contribution in [1.29, 1.82) is 0 Å². The quantitative estimate of drug-likeness (QED) is 0.855. The Balaban J connectivity index is 1.62. The van der Waals surface area contributed by atoms with Crippen molar-refractivity contribution in [3.8, 4) is 0 Å². The highest BCUT2D eigenvalue weighted by Crippen LogP contribution is 2.42. The van der Waals surface area contributed by atoms with Gasteiger partial charge in [0.15, 0.2) is 0 Å². The summed E-state index contributed by atoms with van der Waals surface area (Å²) in [5, 5.41) is 9.20. The van der Waals surface area contributed by atoms with Gasteiger partial charge in [-0.15, -0.1) is 10.2 Å². The van der Waals surface area contributed by atoms with E-state index in [2.05, 4.69) is 15.5 Å². The molecule has 0 radical (unpaired) electrons. The topological polar surface area (TPSA) is 67.3 Å². The highest BCUT2D eigenvalue weighted by Gasteiger charge is 2.45. The summed E-state index contributed by atoms with van der Waals surface area (Å²) in [5.41, 5.74) is -0.565. The van der Waals surface area contributed by atoms with E-state index in [1.165, 1.54) is 0 Å². The second kappa shape index (κ2) is 6.30. The fourth-order valence-electron chi connectivity index (χ4n) is 3.52. The molecule has 1 N–H and O–H groups in total. The van der Waals surface area contributed by atoms with Crippen LogP contribution in [0.15, 0.2) is 0 Å². The lowest BCUT2D eigenvalue weighted by atomic mass is 9.98. The predicted octanol–water partition coefficient (Wildman–Crippen LogP) is 3.30. The van der Waals surface area contributed by atoms with Crippen molar-refractivity contribution >= 4 is 22.6 Å². The van der Waals surface area contributed by atoms with Crippen molar-refractivity contribution in [3.05, 3.63) is 5.01 Å². The molecule has 25 heavy (non-hydrogen) atoms. The number of fused-ring (bicyclic) bond motifs is 1. The molecular weight excluding hydrogens is 357 g/mol. The number of anilines is 1. The van der Waals surface area contributed by atoms with Crippen LogP contribution in [-0.4, -0.2) is 41.0 Å². The molecule has 2 aliphatic rings. The van der Waals surface area contributed by atoms with E-state index in [9.17, 15) is 18.0 Å². The molecule has 0 aromatic carbocycles. The zero-order valence-electron chi connectivity index (χ0n) is 14.3. The molecule has 10 heteroatoms. The van der Waals surface area contributed by atoms with Gasteiger partial charge < -0.3 is 15.0 Å². The third-order valence-electron chi connectivity index (χ3n) is 4.49. The first-order valence-electron chi connectivity index (χ1n) is 8.18. The number of carbonyl (C=O) groups excluding carboxylic acids is 1. The van der Waals surface area contributed by atoms with Crippen LogP contribution in [0.2, 0.25) is 0 Å². The van der Waals surface area contributed by atoms with Crippen LogP contribution < -0.4 is 10.2 Å². The van der Waals surface area contributed by atoms with E-state index in [4.69, 9.17) is 4.74 Å². The Morgan fingerprint density at radius 3 is 2.56 bits per heavy atom. The molecule has 2 fully saturated rings. The molecule has 1 aliphatic heterocycles. The number of amides is 1. The smallest absolute Gasteiger partial charge is 0.444 e.